The molecule has 92 valence electrons. The Balaban J connectivity index is 2.41. The van der Waals surface area contributed by atoms with E-state index in [-0.39, 0.29) is 22.9 Å². The molecule has 1 heterocycles. The lowest BCUT2D eigenvalue weighted by Crippen LogP contribution is -2.66. The van der Waals surface area contributed by atoms with Crippen LogP contribution in [0.3, 0.4) is 0 Å². The second kappa shape index (κ2) is 3.59. The number of rotatable bonds is 1. The second-order valence-corrected chi connectivity index (χ2v) is 6.38. The Morgan fingerprint density at radius 3 is 2.12 bits per heavy atom. The van der Waals surface area contributed by atoms with Crippen molar-refractivity contribution in [2.45, 2.75) is 46.2 Å². The van der Waals surface area contributed by atoms with E-state index in [0.717, 1.165) is 0 Å². The molecule has 1 atom stereocenters. The molecule has 0 radical (unpaired) electrons. The zero-order valence-corrected chi connectivity index (χ0v) is 11.3. The van der Waals surface area contributed by atoms with Gasteiger partial charge in [0.1, 0.15) is 0 Å². The summed E-state index contributed by atoms with van der Waals surface area (Å²) in [7, 11) is 0. The highest BCUT2D eigenvalue weighted by Gasteiger charge is 2.57. The van der Waals surface area contributed by atoms with E-state index >= 15 is 0 Å². The van der Waals surface area contributed by atoms with Gasteiger partial charge in [0, 0.05) is 5.54 Å². The van der Waals surface area contributed by atoms with Gasteiger partial charge in [-0.25, -0.2) is 0 Å². The topological polar surface area (TPSA) is 20.3 Å². The van der Waals surface area contributed by atoms with Gasteiger partial charge in [0.05, 0.1) is 11.5 Å². The summed E-state index contributed by atoms with van der Waals surface area (Å²) in [5, 5.41) is 0. The summed E-state index contributed by atoms with van der Waals surface area (Å²) < 4.78 is 0. The quantitative estimate of drug-likeness (QED) is 0.678. The molecule has 0 aliphatic carbocycles. The van der Waals surface area contributed by atoms with Gasteiger partial charge < -0.3 is 4.90 Å². The maximum atomic E-state index is 12.2. The van der Waals surface area contributed by atoms with E-state index in [0.29, 0.717) is 0 Å². The van der Waals surface area contributed by atoms with Crippen LogP contribution in [0.15, 0.2) is 30.3 Å². The Bertz CT molecular complexity index is 428. The largest absolute Gasteiger partial charge is 0.329 e. The van der Waals surface area contributed by atoms with E-state index in [4.69, 9.17) is 0 Å². The molecular weight excluding hydrogens is 210 g/mol. The molecule has 1 unspecified atom stereocenters. The molecule has 0 N–H and O–H groups in total. The molecule has 0 saturated carbocycles. The third-order valence-electron chi connectivity index (χ3n) is 3.55. The van der Waals surface area contributed by atoms with Crippen molar-refractivity contribution in [2.24, 2.45) is 5.41 Å². The highest BCUT2D eigenvalue weighted by molar-refractivity contribution is 5.90. The maximum absolute atomic E-state index is 12.2. The highest BCUT2D eigenvalue weighted by Crippen LogP contribution is 2.52. The fourth-order valence-corrected chi connectivity index (χ4v) is 2.69. The summed E-state index contributed by atoms with van der Waals surface area (Å²) >= 11 is 0. The van der Waals surface area contributed by atoms with Gasteiger partial charge in [0.25, 0.3) is 0 Å². The average Bonchev–Trinajstić information content (AvgIpc) is 2.24. The SMILES string of the molecule is CC1(C)C(=O)N(C(C)(C)C)C1c1ccccc1. The molecule has 0 bridgehead atoms. The fourth-order valence-electron chi connectivity index (χ4n) is 2.69. The van der Waals surface area contributed by atoms with Gasteiger partial charge in [-0.2, -0.15) is 0 Å². The van der Waals surface area contributed by atoms with Crippen LogP contribution in [0, 0.1) is 5.41 Å². The number of carbonyl (C=O) groups excluding carboxylic acids is 1. The Kier molecular flexibility index (Phi) is 2.57. The maximum Gasteiger partial charge on any atom is 0.231 e. The van der Waals surface area contributed by atoms with Gasteiger partial charge >= 0.3 is 0 Å². The van der Waals surface area contributed by atoms with Gasteiger partial charge in [-0.3, -0.25) is 4.79 Å². The predicted octanol–water partition coefficient (Wildman–Crippen LogP) is 3.39. The zero-order valence-electron chi connectivity index (χ0n) is 11.3. The smallest absolute Gasteiger partial charge is 0.231 e. The first kappa shape index (κ1) is 12.2. The van der Waals surface area contributed by atoms with Crippen LogP contribution in [0.4, 0.5) is 0 Å². The van der Waals surface area contributed by atoms with Crippen LogP contribution >= 0.6 is 0 Å². The van der Waals surface area contributed by atoms with Crippen molar-refractivity contribution in [1.29, 1.82) is 0 Å². The van der Waals surface area contributed by atoms with E-state index in [2.05, 4.69) is 32.9 Å². The number of carbonyl (C=O) groups is 1. The second-order valence-electron chi connectivity index (χ2n) is 6.38. The molecule has 1 aromatic carbocycles. The van der Waals surface area contributed by atoms with Crippen LogP contribution in [0.1, 0.15) is 46.2 Å². The Morgan fingerprint density at radius 2 is 1.65 bits per heavy atom. The molecule has 0 spiro atoms. The van der Waals surface area contributed by atoms with Crippen LogP contribution < -0.4 is 0 Å². The number of hydrogen-bond donors (Lipinski definition) is 0. The number of likely N-dealkylation sites (tertiary alicyclic amines) is 1. The molecule has 1 aromatic rings. The number of β-lactam (4-membered cyclic amide) rings is 1. The van der Waals surface area contributed by atoms with Crippen LogP contribution in [0.2, 0.25) is 0 Å². The summed E-state index contributed by atoms with van der Waals surface area (Å²) in [5.41, 5.74) is 0.828. The van der Waals surface area contributed by atoms with Crippen molar-refractivity contribution >= 4 is 5.91 Å². The molecule has 1 saturated heterocycles. The molecule has 1 aliphatic rings. The minimum Gasteiger partial charge on any atom is -0.329 e. The minimum absolute atomic E-state index is 0.118. The Labute approximate surface area is 104 Å². The van der Waals surface area contributed by atoms with Crippen molar-refractivity contribution in [1.82, 2.24) is 4.90 Å². The Morgan fingerprint density at radius 1 is 1.12 bits per heavy atom. The third-order valence-corrected chi connectivity index (χ3v) is 3.55. The Hall–Kier alpha value is -1.31. The average molecular weight is 231 g/mol. The first-order valence-electron chi connectivity index (χ1n) is 6.15. The summed E-state index contributed by atoms with van der Waals surface area (Å²) in [6, 6.07) is 10.5. The summed E-state index contributed by atoms with van der Waals surface area (Å²) in [6.45, 7) is 10.4. The van der Waals surface area contributed by atoms with Crippen molar-refractivity contribution in [2.75, 3.05) is 0 Å². The number of hydrogen-bond acceptors (Lipinski definition) is 1. The summed E-state index contributed by atoms with van der Waals surface area (Å²) in [5.74, 6) is 0.249. The molecular formula is C15H21NO. The van der Waals surface area contributed by atoms with E-state index < -0.39 is 0 Å². The van der Waals surface area contributed by atoms with Crippen LogP contribution in [0.25, 0.3) is 0 Å². The van der Waals surface area contributed by atoms with E-state index in [9.17, 15) is 4.79 Å². The van der Waals surface area contributed by atoms with Gasteiger partial charge in [0.15, 0.2) is 0 Å². The molecule has 1 fully saturated rings. The molecule has 1 amide bonds. The van der Waals surface area contributed by atoms with Gasteiger partial charge in [-0.1, -0.05) is 30.3 Å². The molecule has 0 aromatic heterocycles. The van der Waals surface area contributed by atoms with E-state index in [1.165, 1.54) is 5.56 Å². The zero-order chi connectivity index (χ0) is 12.8. The molecule has 2 nitrogen and oxygen atoms in total. The van der Waals surface area contributed by atoms with Crippen LogP contribution in [-0.4, -0.2) is 16.3 Å². The normalized spacial score (nSPS) is 23.5. The van der Waals surface area contributed by atoms with Gasteiger partial charge in [-0.05, 0) is 40.2 Å². The lowest BCUT2D eigenvalue weighted by atomic mass is 9.68. The summed E-state index contributed by atoms with van der Waals surface area (Å²) in [6.07, 6.45) is 0. The predicted molar refractivity (Wildman–Crippen MR) is 69.6 cm³/mol. The first-order valence-corrected chi connectivity index (χ1v) is 6.15. The summed E-state index contributed by atoms with van der Waals surface area (Å²) in [4.78, 5) is 14.2. The van der Waals surface area contributed by atoms with Gasteiger partial charge in [-0.15, -0.1) is 0 Å². The standard InChI is InChI=1S/C15H21NO/c1-14(2,3)16-12(15(4,5)13(16)17)11-9-7-6-8-10-11/h6-10,12H,1-5H3. The molecule has 2 rings (SSSR count). The molecule has 17 heavy (non-hydrogen) atoms. The van der Waals surface area contributed by atoms with Crippen LogP contribution in [0.5, 0.6) is 0 Å². The lowest BCUT2D eigenvalue weighted by molar-refractivity contribution is -0.180. The van der Waals surface area contributed by atoms with Crippen molar-refractivity contribution in [3.8, 4) is 0 Å². The van der Waals surface area contributed by atoms with Crippen molar-refractivity contribution in [3.63, 3.8) is 0 Å². The third kappa shape index (κ3) is 1.76. The lowest BCUT2D eigenvalue weighted by Gasteiger charge is -2.58. The first-order chi connectivity index (χ1) is 7.76. The molecule has 1 aliphatic heterocycles. The van der Waals surface area contributed by atoms with E-state index in [1.807, 2.05) is 36.9 Å². The number of nitrogens with zero attached hydrogens (tertiary/aromatic N) is 1. The van der Waals surface area contributed by atoms with E-state index in [1.54, 1.807) is 0 Å². The van der Waals surface area contributed by atoms with Crippen LogP contribution in [-0.2, 0) is 4.79 Å². The molecule has 2 heteroatoms. The minimum atomic E-state index is -0.283. The van der Waals surface area contributed by atoms with Crippen molar-refractivity contribution in [3.05, 3.63) is 35.9 Å². The fraction of sp³-hybridized carbons (Fsp3) is 0.533. The number of benzene rings is 1. The monoisotopic (exact) mass is 231 g/mol. The van der Waals surface area contributed by atoms with Crippen molar-refractivity contribution < 1.29 is 4.79 Å². The number of amides is 1. The highest BCUT2D eigenvalue weighted by atomic mass is 16.2. The van der Waals surface area contributed by atoms with Gasteiger partial charge in [0.2, 0.25) is 5.91 Å².